The van der Waals surface area contributed by atoms with Gasteiger partial charge in [0, 0.05) is 19.0 Å². The van der Waals surface area contributed by atoms with Gasteiger partial charge in [-0.3, -0.25) is 9.59 Å². The minimum atomic E-state index is -0.612. The number of esters is 1. The van der Waals surface area contributed by atoms with Crippen molar-refractivity contribution < 1.29 is 23.5 Å². The number of hydrogen-bond donors (Lipinski definition) is 1. The highest BCUT2D eigenvalue weighted by Crippen LogP contribution is 2.23. The fraction of sp³-hybridized carbons (Fsp3) is 0.278. The normalized spacial score (nSPS) is 10.2. The average Bonchev–Trinajstić information content (AvgIpc) is 3.16. The van der Waals surface area contributed by atoms with E-state index in [-0.39, 0.29) is 18.2 Å². The van der Waals surface area contributed by atoms with Crippen LogP contribution in [0.5, 0.6) is 0 Å². The molecule has 0 radical (unpaired) electrons. The van der Waals surface area contributed by atoms with Crippen molar-refractivity contribution in [2.45, 2.75) is 11.4 Å². The van der Waals surface area contributed by atoms with Crippen LogP contribution in [0.4, 0.5) is 0 Å². The quantitative estimate of drug-likeness (QED) is 0.559. The van der Waals surface area contributed by atoms with Gasteiger partial charge in [0.15, 0.2) is 6.61 Å². The van der Waals surface area contributed by atoms with Gasteiger partial charge in [0.2, 0.25) is 5.91 Å². The lowest BCUT2D eigenvalue weighted by molar-refractivity contribution is -0.126. The van der Waals surface area contributed by atoms with Crippen LogP contribution in [0.3, 0.4) is 0 Å². The van der Waals surface area contributed by atoms with E-state index in [1.807, 2.05) is 0 Å². The van der Waals surface area contributed by atoms with Crippen molar-refractivity contribution in [3.63, 3.8) is 0 Å². The first kappa shape index (κ1) is 19.6. The largest absolute Gasteiger partial charge is 0.467 e. The molecular weight excluding hydrogens is 356 g/mol. The number of benzene rings is 1. The zero-order valence-corrected chi connectivity index (χ0v) is 15.4. The Bertz CT molecular complexity index is 759. The molecule has 0 unspecified atom stereocenters. The lowest BCUT2D eigenvalue weighted by Crippen LogP contribution is -2.28. The van der Waals surface area contributed by atoms with Crippen LogP contribution in [0.2, 0.25) is 0 Å². The van der Waals surface area contributed by atoms with Gasteiger partial charge >= 0.3 is 5.97 Å². The van der Waals surface area contributed by atoms with Crippen molar-refractivity contribution in [1.29, 1.82) is 0 Å². The Morgan fingerprint density at radius 3 is 2.62 bits per heavy atom. The Balaban J connectivity index is 1.86. The molecule has 138 valence electrons. The molecule has 0 aliphatic heterocycles. The molecule has 7 nitrogen and oxygen atoms in total. The summed E-state index contributed by atoms with van der Waals surface area (Å²) in [6.07, 6.45) is 1.51. The zero-order chi connectivity index (χ0) is 18.9. The van der Waals surface area contributed by atoms with Gasteiger partial charge in [-0.05, 0) is 24.3 Å². The number of nitrogens with zero attached hydrogens (tertiary/aromatic N) is 1. The second-order valence-electron chi connectivity index (χ2n) is 5.51. The highest BCUT2D eigenvalue weighted by Gasteiger charge is 2.16. The molecule has 0 spiro atoms. The zero-order valence-electron chi connectivity index (χ0n) is 14.6. The summed E-state index contributed by atoms with van der Waals surface area (Å²) in [5, 5.41) is 2.59. The van der Waals surface area contributed by atoms with E-state index < -0.39 is 18.5 Å². The number of carbonyl (C=O) groups is 3. The molecule has 0 aliphatic rings. The molecule has 2 amide bonds. The molecule has 1 heterocycles. The van der Waals surface area contributed by atoms with Gasteiger partial charge < -0.3 is 19.4 Å². The van der Waals surface area contributed by atoms with Gasteiger partial charge in [-0.15, -0.1) is 11.8 Å². The van der Waals surface area contributed by atoms with Crippen LogP contribution < -0.4 is 5.32 Å². The number of thioether (sulfide) groups is 1. The van der Waals surface area contributed by atoms with Crippen molar-refractivity contribution in [1.82, 2.24) is 10.2 Å². The topological polar surface area (TPSA) is 88.8 Å². The SMILES string of the molecule is CN(C)C(=O)CSc1ccccc1C(=O)OCC(=O)NCc1ccco1. The summed E-state index contributed by atoms with van der Waals surface area (Å²) < 4.78 is 10.2. The predicted octanol–water partition coefficient (Wildman–Crippen LogP) is 1.93. The number of furan rings is 1. The Hall–Kier alpha value is -2.74. The Kier molecular flexibility index (Phi) is 7.28. The summed E-state index contributed by atoms with van der Waals surface area (Å²) in [7, 11) is 3.34. The van der Waals surface area contributed by atoms with E-state index >= 15 is 0 Å². The van der Waals surface area contributed by atoms with Crippen molar-refractivity contribution in [3.8, 4) is 0 Å². The Labute approximate surface area is 155 Å². The maximum absolute atomic E-state index is 12.3. The Morgan fingerprint density at radius 2 is 1.92 bits per heavy atom. The van der Waals surface area contributed by atoms with Gasteiger partial charge in [-0.1, -0.05) is 12.1 Å². The van der Waals surface area contributed by atoms with E-state index in [1.54, 1.807) is 50.5 Å². The van der Waals surface area contributed by atoms with E-state index in [9.17, 15) is 14.4 Å². The van der Waals surface area contributed by atoms with Gasteiger partial charge in [0.05, 0.1) is 24.1 Å². The first-order chi connectivity index (χ1) is 12.5. The average molecular weight is 376 g/mol. The monoisotopic (exact) mass is 376 g/mol. The number of hydrogen-bond acceptors (Lipinski definition) is 6. The van der Waals surface area contributed by atoms with Gasteiger partial charge in [-0.25, -0.2) is 4.79 Å². The molecule has 1 aromatic carbocycles. The van der Waals surface area contributed by atoms with Crippen molar-refractivity contribution in [2.24, 2.45) is 0 Å². The molecule has 0 atom stereocenters. The van der Waals surface area contributed by atoms with E-state index in [0.29, 0.717) is 16.2 Å². The molecule has 0 aliphatic carbocycles. The van der Waals surface area contributed by atoms with Crippen LogP contribution in [-0.4, -0.2) is 49.1 Å². The van der Waals surface area contributed by atoms with E-state index in [2.05, 4.69) is 5.32 Å². The third-order valence-corrected chi connectivity index (χ3v) is 4.39. The highest BCUT2D eigenvalue weighted by molar-refractivity contribution is 8.00. The maximum atomic E-state index is 12.3. The second-order valence-corrected chi connectivity index (χ2v) is 6.52. The molecule has 0 fully saturated rings. The third-order valence-electron chi connectivity index (χ3n) is 3.33. The van der Waals surface area contributed by atoms with Crippen molar-refractivity contribution >= 4 is 29.5 Å². The first-order valence-corrected chi connectivity index (χ1v) is 8.84. The number of nitrogens with one attached hydrogen (secondary N) is 1. The molecule has 26 heavy (non-hydrogen) atoms. The highest BCUT2D eigenvalue weighted by atomic mass is 32.2. The standard InChI is InChI=1S/C18H20N2O5S/c1-20(2)17(22)12-26-15-8-4-3-7-14(15)18(23)25-11-16(21)19-10-13-6-5-9-24-13/h3-9H,10-12H2,1-2H3,(H,19,21). The summed E-state index contributed by atoms with van der Waals surface area (Å²) in [5.41, 5.74) is 0.322. The number of rotatable bonds is 8. The third kappa shape index (κ3) is 5.96. The van der Waals surface area contributed by atoms with Crippen LogP contribution in [-0.2, 0) is 20.9 Å². The molecule has 0 saturated heterocycles. The number of amides is 2. The summed E-state index contributed by atoms with van der Waals surface area (Å²) in [5.74, 6) is -0.283. The van der Waals surface area contributed by atoms with Crippen LogP contribution in [0, 0.1) is 0 Å². The first-order valence-electron chi connectivity index (χ1n) is 7.85. The smallest absolute Gasteiger partial charge is 0.339 e. The minimum absolute atomic E-state index is 0.0597. The van der Waals surface area contributed by atoms with Crippen LogP contribution in [0.25, 0.3) is 0 Å². The maximum Gasteiger partial charge on any atom is 0.339 e. The second kappa shape index (κ2) is 9.67. The summed E-state index contributed by atoms with van der Waals surface area (Å²) in [6, 6.07) is 10.3. The van der Waals surface area contributed by atoms with Crippen LogP contribution >= 0.6 is 11.8 Å². The van der Waals surface area contributed by atoms with E-state index in [4.69, 9.17) is 9.15 Å². The predicted molar refractivity (Wildman–Crippen MR) is 96.7 cm³/mol. The van der Waals surface area contributed by atoms with E-state index in [0.717, 1.165) is 0 Å². The molecule has 0 saturated carbocycles. The molecule has 8 heteroatoms. The Morgan fingerprint density at radius 1 is 1.15 bits per heavy atom. The molecule has 2 aromatic rings. The molecule has 1 aromatic heterocycles. The molecule has 2 rings (SSSR count). The summed E-state index contributed by atoms with van der Waals surface area (Å²) >= 11 is 1.25. The molecule has 0 bridgehead atoms. The fourth-order valence-electron chi connectivity index (χ4n) is 1.89. The van der Waals surface area contributed by atoms with E-state index in [1.165, 1.54) is 22.9 Å². The van der Waals surface area contributed by atoms with Gasteiger partial charge in [0.1, 0.15) is 5.76 Å². The van der Waals surface area contributed by atoms with Gasteiger partial charge in [0.25, 0.3) is 5.91 Å². The number of ether oxygens (including phenoxy) is 1. The van der Waals surface area contributed by atoms with Crippen LogP contribution in [0.15, 0.2) is 52.0 Å². The summed E-state index contributed by atoms with van der Waals surface area (Å²) in [4.78, 5) is 37.8. The summed E-state index contributed by atoms with van der Waals surface area (Å²) in [6.45, 7) is -0.169. The molecular formula is C18H20N2O5S. The van der Waals surface area contributed by atoms with Crippen LogP contribution in [0.1, 0.15) is 16.1 Å². The lowest BCUT2D eigenvalue weighted by Gasteiger charge is -2.12. The fourth-order valence-corrected chi connectivity index (χ4v) is 2.91. The molecule has 1 N–H and O–H groups in total. The van der Waals surface area contributed by atoms with Crippen molar-refractivity contribution in [2.75, 3.05) is 26.5 Å². The van der Waals surface area contributed by atoms with Crippen molar-refractivity contribution in [3.05, 3.63) is 54.0 Å². The minimum Gasteiger partial charge on any atom is -0.467 e. The van der Waals surface area contributed by atoms with Gasteiger partial charge in [-0.2, -0.15) is 0 Å². The number of carbonyl (C=O) groups excluding carboxylic acids is 3. The lowest BCUT2D eigenvalue weighted by atomic mass is 10.2.